The number of likely N-dealkylation sites (N-methyl/N-ethyl adjacent to an activating group) is 1. The number of hydrogen-bond donors (Lipinski definition) is 0. The van der Waals surface area contributed by atoms with Crippen LogP contribution >= 0.6 is 27.7 Å². The third-order valence-electron chi connectivity index (χ3n) is 4.69. The zero-order valence-corrected chi connectivity index (χ0v) is 22.0. The SMILES string of the molecule is CCOC(=O)COc1ccc(C=C2SC(=Nc3cccc(C(=O)OCC)c3)N(CC)C2=O)cc1Br. The maximum absolute atomic E-state index is 13.0. The fourth-order valence-electron chi connectivity index (χ4n) is 3.11. The molecule has 0 aliphatic carbocycles. The van der Waals surface area contributed by atoms with Gasteiger partial charge in [-0.2, -0.15) is 0 Å². The van der Waals surface area contributed by atoms with E-state index in [1.165, 1.54) is 11.8 Å². The minimum absolute atomic E-state index is 0.156. The summed E-state index contributed by atoms with van der Waals surface area (Å²) in [4.78, 5) is 43.2. The molecular weight excluding hydrogens is 536 g/mol. The summed E-state index contributed by atoms with van der Waals surface area (Å²) in [6.45, 7) is 6.19. The highest BCUT2D eigenvalue weighted by atomic mass is 79.9. The Morgan fingerprint density at radius 3 is 2.54 bits per heavy atom. The molecule has 0 unspecified atom stereocenters. The van der Waals surface area contributed by atoms with Crippen LogP contribution in [0.5, 0.6) is 5.75 Å². The van der Waals surface area contributed by atoms with Gasteiger partial charge in [0.15, 0.2) is 11.8 Å². The number of nitrogens with zero attached hydrogens (tertiary/aromatic N) is 2. The Balaban J connectivity index is 1.80. The van der Waals surface area contributed by atoms with Crippen LogP contribution in [0.1, 0.15) is 36.7 Å². The van der Waals surface area contributed by atoms with E-state index in [4.69, 9.17) is 14.2 Å². The number of esters is 2. The van der Waals surface area contributed by atoms with Gasteiger partial charge in [-0.25, -0.2) is 14.6 Å². The predicted octanol–water partition coefficient (Wildman–Crippen LogP) is 5.19. The molecule has 0 atom stereocenters. The van der Waals surface area contributed by atoms with E-state index in [0.29, 0.717) is 44.7 Å². The Morgan fingerprint density at radius 2 is 1.86 bits per heavy atom. The molecule has 1 saturated heterocycles. The predicted molar refractivity (Wildman–Crippen MR) is 139 cm³/mol. The first-order chi connectivity index (χ1) is 16.9. The molecule has 184 valence electrons. The van der Waals surface area contributed by atoms with Crippen molar-refractivity contribution in [3.63, 3.8) is 0 Å². The van der Waals surface area contributed by atoms with E-state index < -0.39 is 11.9 Å². The molecule has 10 heteroatoms. The van der Waals surface area contributed by atoms with Crippen LogP contribution in [0.4, 0.5) is 5.69 Å². The van der Waals surface area contributed by atoms with Gasteiger partial charge in [0.25, 0.3) is 5.91 Å². The summed E-state index contributed by atoms with van der Waals surface area (Å²) in [7, 11) is 0. The van der Waals surface area contributed by atoms with Crippen molar-refractivity contribution < 1.29 is 28.6 Å². The maximum Gasteiger partial charge on any atom is 0.344 e. The van der Waals surface area contributed by atoms with E-state index in [9.17, 15) is 14.4 Å². The van der Waals surface area contributed by atoms with Gasteiger partial charge in [-0.1, -0.05) is 12.1 Å². The van der Waals surface area contributed by atoms with Crippen LogP contribution in [0, 0.1) is 0 Å². The van der Waals surface area contributed by atoms with E-state index >= 15 is 0 Å². The van der Waals surface area contributed by atoms with Crippen LogP contribution in [-0.2, 0) is 19.1 Å². The summed E-state index contributed by atoms with van der Waals surface area (Å²) >= 11 is 4.70. The van der Waals surface area contributed by atoms with Gasteiger partial charge in [0.05, 0.1) is 33.8 Å². The lowest BCUT2D eigenvalue weighted by Crippen LogP contribution is -2.28. The van der Waals surface area contributed by atoms with E-state index in [2.05, 4.69) is 20.9 Å². The van der Waals surface area contributed by atoms with Crippen molar-refractivity contribution in [2.45, 2.75) is 20.8 Å². The van der Waals surface area contributed by atoms with Gasteiger partial charge in [-0.3, -0.25) is 9.69 Å². The Morgan fingerprint density at radius 1 is 1.09 bits per heavy atom. The number of carbonyl (C=O) groups is 3. The first-order valence-corrected chi connectivity index (χ1v) is 12.6. The highest BCUT2D eigenvalue weighted by Gasteiger charge is 2.32. The van der Waals surface area contributed by atoms with Crippen molar-refractivity contribution in [2.75, 3.05) is 26.4 Å². The fraction of sp³-hybridized carbons (Fsp3) is 0.280. The molecule has 1 heterocycles. The average Bonchev–Trinajstić information content (AvgIpc) is 3.12. The zero-order chi connectivity index (χ0) is 25.4. The highest BCUT2D eigenvalue weighted by molar-refractivity contribution is 9.10. The van der Waals surface area contributed by atoms with Crippen LogP contribution in [0.2, 0.25) is 0 Å². The second-order valence-electron chi connectivity index (χ2n) is 7.11. The zero-order valence-electron chi connectivity index (χ0n) is 19.6. The standard InChI is InChI=1S/C25H25BrN2O6S/c1-4-28-23(30)21(13-16-10-11-20(19(26)12-16)34-15-22(29)32-5-2)35-25(28)27-18-9-7-8-17(14-18)24(31)33-6-3/h7-14H,4-6,15H2,1-3H3. The first kappa shape index (κ1) is 26.5. The van der Waals surface area contributed by atoms with Crippen molar-refractivity contribution >= 4 is 62.5 Å². The van der Waals surface area contributed by atoms with Crippen LogP contribution in [0.15, 0.2) is 56.8 Å². The third-order valence-corrected chi connectivity index (χ3v) is 6.32. The monoisotopic (exact) mass is 560 g/mol. The van der Waals surface area contributed by atoms with Crippen LogP contribution in [0.25, 0.3) is 6.08 Å². The lowest BCUT2D eigenvalue weighted by molar-refractivity contribution is -0.145. The number of thioether (sulfide) groups is 1. The van der Waals surface area contributed by atoms with E-state index in [1.807, 2.05) is 6.92 Å². The van der Waals surface area contributed by atoms with Crippen LogP contribution in [0.3, 0.4) is 0 Å². The fourth-order valence-corrected chi connectivity index (χ4v) is 4.69. The number of amidine groups is 1. The van der Waals surface area contributed by atoms with Gasteiger partial charge >= 0.3 is 11.9 Å². The van der Waals surface area contributed by atoms with Gasteiger partial charge in [0, 0.05) is 6.54 Å². The lowest BCUT2D eigenvalue weighted by atomic mass is 10.2. The number of rotatable bonds is 9. The number of aliphatic imine (C=N–C) groups is 1. The van der Waals surface area contributed by atoms with Crippen molar-refractivity contribution in [1.82, 2.24) is 4.90 Å². The van der Waals surface area contributed by atoms with Crippen LogP contribution < -0.4 is 4.74 Å². The summed E-state index contributed by atoms with van der Waals surface area (Å²) in [6, 6.07) is 12.1. The molecule has 0 saturated carbocycles. The number of halogens is 1. The second kappa shape index (κ2) is 12.6. The topological polar surface area (TPSA) is 94.5 Å². The molecule has 8 nitrogen and oxygen atoms in total. The molecule has 0 aromatic heterocycles. The lowest BCUT2D eigenvalue weighted by Gasteiger charge is -2.12. The molecule has 1 amide bonds. The largest absolute Gasteiger partial charge is 0.481 e. The van der Waals surface area contributed by atoms with Crippen molar-refractivity contribution in [3.8, 4) is 5.75 Å². The van der Waals surface area contributed by atoms with E-state index in [1.54, 1.807) is 67.3 Å². The van der Waals surface area contributed by atoms with Gasteiger partial charge in [0.2, 0.25) is 0 Å². The number of carbonyl (C=O) groups excluding carboxylic acids is 3. The Hall–Kier alpha value is -3.11. The van der Waals surface area contributed by atoms with Crippen molar-refractivity contribution in [3.05, 3.63) is 63.0 Å². The molecular formula is C25H25BrN2O6S. The summed E-state index contributed by atoms with van der Waals surface area (Å²) in [6.07, 6.45) is 1.77. The molecule has 35 heavy (non-hydrogen) atoms. The Kier molecular flexibility index (Phi) is 9.50. The average molecular weight is 561 g/mol. The molecule has 0 radical (unpaired) electrons. The number of amides is 1. The van der Waals surface area contributed by atoms with Crippen molar-refractivity contribution in [2.24, 2.45) is 4.99 Å². The molecule has 3 rings (SSSR count). The molecule has 1 aliphatic heterocycles. The maximum atomic E-state index is 13.0. The summed E-state index contributed by atoms with van der Waals surface area (Å²) < 4.78 is 16.0. The minimum Gasteiger partial charge on any atom is -0.481 e. The quantitative estimate of drug-likeness (QED) is 0.307. The number of hydrogen-bond acceptors (Lipinski definition) is 8. The van der Waals surface area contributed by atoms with Gasteiger partial charge in [-0.05, 0) is 90.4 Å². The van der Waals surface area contributed by atoms with E-state index in [-0.39, 0.29) is 19.1 Å². The third kappa shape index (κ3) is 6.95. The molecule has 0 spiro atoms. The number of benzene rings is 2. The normalized spacial score (nSPS) is 15.5. The highest BCUT2D eigenvalue weighted by Crippen LogP contribution is 2.35. The minimum atomic E-state index is -0.446. The Bertz CT molecular complexity index is 1180. The molecule has 1 fully saturated rings. The summed E-state index contributed by atoms with van der Waals surface area (Å²) in [5.74, 6) is -0.531. The van der Waals surface area contributed by atoms with Crippen molar-refractivity contribution in [1.29, 1.82) is 0 Å². The molecule has 2 aromatic rings. The summed E-state index contributed by atoms with van der Waals surface area (Å²) in [5, 5.41) is 0.526. The molecule has 2 aromatic carbocycles. The molecule has 0 N–H and O–H groups in total. The number of ether oxygens (including phenoxy) is 3. The van der Waals surface area contributed by atoms with Gasteiger partial charge in [0.1, 0.15) is 5.75 Å². The van der Waals surface area contributed by atoms with Gasteiger partial charge in [-0.15, -0.1) is 0 Å². The van der Waals surface area contributed by atoms with E-state index in [0.717, 1.165) is 5.56 Å². The van der Waals surface area contributed by atoms with Crippen LogP contribution in [-0.4, -0.2) is 54.3 Å². The molecule has 1 aliphatic rings. The molecule has 0 bridgehead atoms. The summed E-state index contributed by atoms with van der Waals surface area (Å²) in [5.41, 5.74) is 1.73. The smallest absolute Gasteiger partial charge is 0.344 e. The second-order valence-corrected chi connectivity index (χ2v) is 8.97. The Labute approximate surface area is 216 Å². The first-order valence-electron chi connectivity index (χ1n) is 11.0. The van der Waals surface area contributed by atoms with Gasteiger partial charge < -0.3 is 14.2 Å².